The van der Waals surface area contributed by atoms with Crippen molar-refractivity contribution in [1.29, 1.82) is 0 Å². The van der Waals surface area contributed by atoms with Gasteiger partial charge in [0.1, 0.15) is 0 Å². The minimum atomic E-state index is -0.936. The van der Waals surface area contributed by atoms with Crippen molar-refractivity contribution in [3.05, 3.63) is 107 Å². The van der Waals surface area contributed by atoms with Gasteiger partial charge in [0.15, 0.2) is 5.60 Å². The van der Waals surface area contributed by atoms with E-state index >= 15 is 0 Å². The summed E-state index contributed by atoms with van der Waals surface area (Å²) < 4.78 is 6.10. The summed E-state index contributed by atoms with van der Waals surface area (Å²) in [4.78, 5) is 16.0. The lowest BCUT2D eigenvalue weighted by Crippen LogP contribution is -2.29. The molecule has 0 aliphatic carbocycles. The molecule has 0 fully saturated rings. The second-order valence-electron chi connectivity index (χ2n) is 6.23. The highest BCUT2D eigenvalue weighted by Crippen LogP contribution is 2.48. The summed E-state index contributed by atoms with van der Waals surface area (Å²) in [6, 6.07) is 25.6. The number of cyclic esters (lactones) is 1. The quantitative estimate of drug-likeness (QED) is 0.546. The first kappa shape index (κ1) is 14.1. The summed E-state index contributed by atoms with van der Waals surface area (Å²) in [5.41, 5.74) is 3.49. The predicted molar refractivity (Wildman–Crippen MR) is 96.5 cm³/mol. The highest BCUT2D eigenvalue weighted by molar-refractivity contribution is 5.98. The maximum atomic E-state index is 12.7. The van der Waals surface area contributed by atoms with Gasteiger partial charge in [-0.2, -0.15) is 0 Å². The predicted octanol–water partition coefficient (Wildman–Crippen LogP) is 4.63. The number of para-hydroxylation sites is 1. The zero-order valence-electron chi connectivity index (χ0n) is 13.4. The van der Waals surface area contributed by atoms with Crippen molar-refractivity contribution in [2.75, 3.05) is 0 Å². The number of esters is 1. The molecule has 0 spiro atoms. The van der Waals surface area contributed by atoms with Gasteiger partial charge in [-0.25, -0.2) is 4.79 Å². The van der Waals surface area contributed by atoms with Crippen LogP contribution in [0.3, 0.4) is 0 Å². The van der Waals surface area contributed by atoms with Crippen LogP contribution in [0.1, 0.15) is 27.0 Å². The van der Waals surface area contributed by atoms with Crippen LogP contribution in [0.5, 0.6) is 0 Å². The third-order valence-corrected chi connectivity index (χ3v) is 4.92. The topological polar surface area (TPSA) is 42.1 Å². The van der Waals surface area contributed by atoms with Gasteiger partial charge in [0, 0.05) is 33.8 Å². The Morgan fingerprint density at radius 2 is 1.48 bits per heavy atom. The Labute approximate surface area is 144 Å². The summed E-state index contributed by atoms with van der Waals surface area (Å²) in [6.45, 7) is 0. The van der Waals surface area contributed by atoms with Crippen molar-refractivity contribution in [3.63, 3.8) is 0 Å². The zero-order valence-corrected chi connectivity index (χ0v) is 13.4. The molecule has 25 heavy (non-hydrogen) atoms. The number of aromatic amines is 1. The van der Waals surface area contributed by atoms with Gasteiger partial charge in [0.05, 0.1) is 5.56 Å². The first-order chi connectivity index (χ1) is 12.3. The molecular weight excluding hydrogens is 310 g/mol. The Morgan fingerprint density at radius 3 is 2.36 bits per heavy atom. The van der Waals surface area contributed by atoms with Crippen LogP contribution in [-0.2, 0) is 10.3 Å². The number of rotatable bonds is 2. The van der Waals surface area contributed by atoms with Gasteiger partial charge >= 0.3 is 5.97 Å². The van der Waals surface area contributed by atoms with E-state index in [-0.39, 0.29) is 5.97 Å². The fourth-order valence-corrected chi connectivity index (χ4v) is 3.82. The lowest BCUT2D eigenvalue weighted by atomic mass is 9.80. The molecule has 0 radical (unpaired) electrons. The minimum absolute atomic E-state index is 0.287. The number of nitrogens with one attached hydrogen (secondary N) is 1. The van der Waals surface area contributed by atoms with E-state index in [0.29, 0.717) is 5.56 Å². The third kappa shape index (κ3) is 1.83. The number of carbonyl (C=O) groups is 1. The number of H-pyrrole nitrogens is 1. The number of aromatic nitrogens is 1. The number of fused-ring (bicyclic) bond motifs is 2. The van der Waals surface area contributed by atoms with Gasteiger partial charge in [-0.05, 0) is 12.1 Å². The first-order valence-corrected chi connectivity index (χ1v) is 8.26. The van der Waals surface area contributed by atoms with E-state index in [0.717, 1.165) is 27.6 Å². The lowest BCUT2D eigenvalue weighted by Gasteiger charge is -2.29. The highest BCUT2D eigenvalue weighted by atomic mass is 16.6. The average molecular weight is 325 g/mol. The van der Waals surface area contributed by atoms with Crippen molar-refractivity contribution in [3.8, 4) is 0 Å². The monoisotopic (exact) mass is 325 g/mol. The second kappa shape index (κ2) is 5.08. The molecule has 1 N–H and O–H groups in total. The van der Waals surface area contributed by atoms with Gasteiger partial charge < -0.3 is 9.72 Å². The van der Waals surface area contributed by atoms with Crippen LogP contribution in [0.25, 0.3) is 10.9 Å². The summed E-state index contributed by atoms with van der Waals surface area (Å²) in [5, 5.41) is 1.05. The summed E-state index contributed by atoms with van der Waals surface area (Å²) in [5.74, 6) is -0.287. The number of hydrogen-bond donors (Lipinski definition) is 1. The van der Waals surface area contributed by atoms with Gasteiger partial charge in [-0.15, -0.1) is 0 Å². The van der Waals surface area contributed by atoms with E-state index in [1.165, 1.54) is 0 Å². The average Bonchev–Trinajstić information content (AvgIpc) is 3.23. The smallest absolute Gasteiger partial charge is 0.340 e. The molecule has 3 aromatic carbocycles. The molecule has 0 saturated heterocycles. The Bertz CT molecular complexity index is 1100. The number of hydrogen-bond acceptors (Lipinski definition) is 2. The summed E-state index contributed by atoms with van der Waals surface area (Å²) >= 11 is 0. The molecule has 3 nitrogen and oxygen atoms in total. The molecule has 4 aromatic rings. The maximum Gasteiger partial charge on any atom is 0.340 e. The molecular formula is C22H15NO2. The van der Waals surface area contributed by atoms with Gasteiger partial charge in [-0.1, -0.05) is 66.7 Å². The van der Waals surface area contributed by atoms with Crippen LogP contribution in [0, 0.1) is 0 Å². The highest BCUT2D eigenvalue weighted by Gasteiger charge is 2.49. The summed E-state index contributed by atoms with van der Waals surface area (Å²) in [7, 11) is 0. The SMILES string of the molecule is O=C1OC(c2ccccc2)(c2c[nH]c3ccccc23)c2ccccc21. The fourth-order valence-electron chi connectivity index (χ4n) is 3.82. The molecule has 5 rings (SSSR count). The minimum Gasteiger partial charge on any atom is -0.440 e. The molecule has 120 valence electrons. The summed E-state index contributed by atoms with van der Waals surface area (Å²) in [6.07, 6.45) is 1.95. The first-order valence-electron chi connectivity index (χ1n) is 8.26. The fraction of sp³-hybridized carbons (Fsp3) is 0.0455. The molecule has 0 saturated carbocycles. The number of benzene rings is 3. The molecule has 1 atom stereocenters. The van der Waals surface area contributed by atoms with Crippen molar-refractivity contribution in [2.45, 2.75) is 5.60 Å². The van der Waals surface area contributed by atoms with E-state index in [4.69, 9.17) is 4.74 Å². The Morgan fingerprint density at radius 1 is 0.760 bits per heavy atom. The molecule has 1 aliphatic rings. The van der Waals surface area contributed by atoms with E-state index in [1.807, 2.05) is 79.0 Å². The van der Waals surface area contributed by atoms with Crippen LogP contribution < -0.4 is 0 Å². The number of carbonyl (C=O) groups excluding carboxylic acids is 1. The Hall–Kier alpha value is -3.33. The molecule has 0 amide bonds. The molecule has 0 bridgehead atoms. The van der Waals surface area contributed by atoms with E-state index < -0.39 is 5.60 Å². The third-order valence-electron chi connectivity index (χ3n) is 4.92. The van der Waals surface area contributed by atoms with Gasteiger partial charge in [0.2, 0.25) is 0 Å². The van der Waals surface area contributed by atoms with Crippen molar-refractivity contribution < 1.29 is 9.53 Å². The van der Waals surface area contributed by atoms with Crippen molar-refractivity contribution >= 4 is 16.9 Å². The van der Waals surface area contributed by atoms with Gasteiger partial charge in [0.25, 0.3) is 0 Å². The molecule has 1 unspecified atom stereocenters. The normalized spacial score (nSPS) is 19.0. The zero-order chi connectivity index (χ0) is 16.9. The Kier molecular flexibility index (Phi) is 2.86. The van der Waals surface area contributed by atoms with Crippen LogP contribution in [0.15, 0.2) is 85.1 Å². The lowest BCUT2D eigenvalue weighted by molar-refractivity contribution is 0.0256. The van der Waals surface area contributed by atoms with Crippen LogP contribution in [0.2, 0.25) is 0 Å². The van der Waals surface area contributed by atoms with Crippen molar-refractivity contribution in [2.24, 2.45) is 0 Å². The van der Waals surface area contributed by atoms with E-state index in [1.54, 1.807) is 0 Å². The van der Waals surface area contributed by atoms with Crippen LogP contribution in [-0.4, -0.2) is 11.0 Å². The van der Waals surface area contributed by atoms with Crippen molar-refractivity contribution in [1.82, 2.24) is 4.98 Å². The van der Waals surface area contributed by atoms with Gasteiger partial charge in [-0.3, -0.25) is 0 Å². The van der Waals surface area contributed by atoms with Crippen LogP contribution in [0.4, 0.5) is 0 Å². The molecule has 1 aromatic heterocycles. The maximum absolute atomic E-state index is 12.7. The standard InChI is InChI=1S/C22H15NO2/c24-21-17-11-4-6-12-18(17)22(25-21,15-8-2-1-3-9-15)19-14-23-20-13-7-5-10-16(19)20/h1-14,23H. The second-order valence-corrected chi connectivity index (χ2v) is 6.23. The molecule has 2 heterocycles. The Balaban J connectivity index is 1.91. The van der Waals surface area contributed by atoms with Crippen LogP contribution >= 0.6 is 0 Å². The van der Waals surface area contributed by atoms with E-state index in [2.05, 4.69) is 11.1 Å². The molecule has 3 heteroatoms. The molecule has 1 aliphatic heterocycles. The number of ether oxygens (including phenoxy) is 1. The van der Waals surface area contributed by atoms with E-state index in [9.17, 15) is 4.79 Å². The largest absolute Gasteiger partial charge is 0.440 e.